The number of fused-ring (bicyclic) bond motifs is 4. The minimum atomic E-state index is -0.0461. The monoisotopic (exact) mass is 1010 g/mol. The van der Waals surface area contributed by atoms with Crippen LogP contribution in [0.2, 0.25) is 0 Å². The summed E-state index contributed by atoms with van der Waals surface area (Å²) in [4.78, 5) is 9.43. The van der Waals surface area contributed by atoms with Crippen LogP contribution < -0.4 is 14.5 Å². The number of anilines is 4. The molecule has 1 aliphatic rings. The quantitative estimate of drug-likeness (QED) is 0.142. The summed E-state index contributed by atoms with van der Waals surface area (Å²) in [7, 11) is 0. The van der Waals surface area contributed by atoms with Crippen molar-refractivity contribution < 1.29 is 25.8 Å². The van der Waals surface area contributed by atoms with Gasteiger partial charge in [-0.15, -0.1) is 48.1 Å². The van der Waals surface area contributed by atoms with Gasteiger partial charge in [0.15, 0.2) is 0 Å². The van der Waals surface area contributed by atoms with Gasteiger partial charge in [-0.1, -0.05) is 160 Å². The summed E-state index contributed by atoms with van der Waals surface area (Å²) in [6.07, 6.45) is 1.91. The summed E-state index contributed by atoms with van der Waals surface area (Å²) < 4.78 is 8.91. The zero-order valence-corrected chi connectivity index (χ0v) is 37.9. The van der Waals surface area contributed by atoms with Crippen molar-refractivity contribution >= 4 is 44.6 Å². The Morgan fingerprint density at radius 1 is 0.516 bits per heavy atom. The van der Waals surface area contributed by atoms with E-state index >= 15 is 0 Å². The van der Waals surface area contributed by atoms with Crippen molar-refractivity contribution in [3.05, 3.63) is 225 Å². The van der Waals surface area contributed by atoms with Gasteiger partial charge in [0.1, 0.15) is 5.82 Å². The Bertz CT molecular complexity index is 3230. The average Bonchev–Trinajstić information content (AvgIpc) is 3.87. The van der Waals surface area contributed by atoms with Crippen molar-refractivity contribution in [3.8, 4) is 50.7 Å². The number of ether oxygens (including phenoxy) is 1. The summed E-state index contributed by atoms with van der Waals surface area (Å²) in [6.45, 7) is 8.87. The van der Waals surface area contributed by atoms with E-state index < -0.39 is 0 Å². The van der Waals surface area contributed by atoms with Crippen molar-refractivity contribution in [2.75, 3.05) is 9.80 Å². The molecule has 1 aliphatic heterocycles. The van der Waals surface area contributed by atoms with Gasteiger partial charge in [0, 0.05) is 72.5 Å². The molecule has 0 N–H and O–H groups in total. The van der Waals surface area contributed by atoms with Crippen molar-refractivity contribution in [1.82, 2.24) is 9.55 Å². The normalized spacial score (nSPS) is 12.4. The Hall–Kier alpha value is -7.20. The van der Waals surface area contributed by atoms with Crippen LogP contribution in [0, 0.1) is 18.8 Å². The number of benzene rings is 8. The van der Waals surface area contributed by atoms with E-state index in [2.05, 4.69) is 230 Å². The Balaban J connectivity index is 0.00000484. The van der Waals surface area contributed by atoms with E-state index in [1.165, 1.54) is 11.1 Å². The van der Waals surface area contributed by atoms with Crippen molar-refractivity contribution in [3.63, 3.8) is 0 Å². The number of hydrogen-bond donors (Lipinski definition) is 0. The molecule has 3 heterocycles. The maximum atomic E-state index is 6.70. The van der Waals surface area contributed by atoms with Crippen LogP contribution in [0.4, 0.5) is 22.7 Å². The number of aromatic nitrogens is 2. The minimum absolute atomic E-state index is 0. The predicted molar refractivity (Wildman–Crippen MR) is 259 cm³/mol. The minimum Gasteiger partial charge on any atom is -0.509 e. The van der Waals surface area contributed by atoms with Gasteiger partial charge in [0.25, 0.3) is 0 Å². The van der Waals surface area contributed by atoms with Gasteiger partial charge < -0.3 is 19.1 Å². The van der Waals surface area contributed by atoms with E-state index in [-0.39, 0.29) is 26.5 Å². The summed E-state index contributed by atoms with van der Waals surface area (Å²) in [5.41, 5.74) is 14.1. The average molecular weight is 1010 g/mol. The molecular formula is C58H43N4OPt-3. The van der Waals surface area contributed by atoms with E-state index in [9.17, 15) is 0 Å². The molecule has 8 aromatic carbocycles. The van der Waals surface area contributed by atoms with Gasteiger partial charge in [-0.2, -0.15) is 12.1 Å². The third-order valence-corrected chi connectivity index (χ3v) is 11.9. The molecule has 5 nitrogen and oxygen atoms in total. The van der Waals surface area contributed by atoms with E-state index in [0.29, 0.717) is 11.5 Å². The molecule has 0 atom stereocenters. The predicted octanol–water partition coefficient (Wildman–Crippen LogP) is 15.3. The second kappa shape index (κ2) is 16.8. The maximum Gasteiger partial charge on any atom is 0.135 e. The van der Waals surface area contributed by atoms with Crippen LogP contribution >= 0.6 is 0 Å². The van der Waals surface area contributed by atoms with Crippen LogP contribution in [0.5, 0.6) is 11.5 Å². The third-order valence-electron chi connectivity index (χ3n) is 11.9. The van der Waals surface area contributed by atoms with Crippen LogP contribution in [-0.4, -0.2) is 9.55 Å². The Morgan fingerprint density at radius 3 is 1.80 bits per heavy atom. The summed E-state index contributed by atoms with van der Waals surface area (Å²) >= 11 is 0. The number of para-hydroxylation sites is 3. The topological polar surface area (TPSA) is 33.5 Å². The number of pyridine rings is 1. The van der Waals surface area contributed by atoms with Crippen molar-refractivity contribution in [2.45, 2.75) is 26.2 Å². The van der Waals surface area contributed by atoms with Crippen molar-refractivity contribution in [1.29, 1.82) is 0 Å². The Labute approximate surface area is 389 Å². The molecule has 0 bridgehead atoms. The first-order valence-electron chi connectivity index (χ1n) is 21.4. The van der Waals surface area contributed by atoms with Gasteiger partial charge in [-0.05, 0) is 69.0 Å². The molecule has 0 spiro atoms. The largest absolute Gasteiger partial charge is 0.509 e. The molecule has 0 unspecified atom stereocenters. The van der Waals surface area contributed by atoms with Crippen LogP contribution in [0.25, 0.3) is 61.0 Å². The Morgan fingerprint density at radius 2 is 1.12 bits per heavy atom. The maximum absolute atomic E-state index is 6.70. The first-order valence-corrected chi connectivity index (χ1v) is 21.4. The molecule has 0 radical (unpaired) electrons. The second-order valence-electron chi connectivity index (χ2n) is 17.0. The van der Waals surface area contributed by atoms with E-state index in [1.807, 2.05) is 24.4 Å². The van der Waals surface area contributed by atoms with Gasteiger partial charge in [-0.3, -0.25) is 0 Å². The molecule has 64 heavy (non-hydrogen) atoms. The molecule has 0 saturated heterocycles. The molecule has 0 aliphatic carbocycles. The first kappa shape index (κ1) is 40.8. The van der Waals surface area contributed by atoms with Crippen LogP contribution in [0.3, 0.4) is 0 Å². The van der Waals surface area contributed by atoms with E-state index in [4.69, 9.17) is 9.72 Å². The molecule has 6 heteroatoms. The first-order chi connectivity index (χ1) is 30.9. The smallest absolute Gasteiger partial charge is 0.135 e. The summed E-state index contributed by atoms with van der Waals surface area (Å²) in [5.74, 6) is 2.02. The van der Waals surface area contributed by atoms with E-state index in [0.717, 1.165) is 78.2 Å². The second-order valence-corrected chi connectivity index (χ2v) is 17.0. The fourth-order valence-corrected chi connectivity index (χ4v) is 8.78. The van der Waals surface area contributed by atoms with Gasteiger partial charge in [0.2, 0.25) is 0 Å². The fourth-order valence-electron chi connectivity index (χ4n) is 8.78. The van der Waals surface area contributed by atoms with Gasteiger partial charge in [0.05, 0.1) is 0 Å². The van der Waals surface area contributed by atoms with Gasteiger partial charge >= 0.3 is 0 Å². The summed E-state index contributed by atoms with van der Waals surface area (Å²) in [6, 6.07) is 75.3. The summed E-state index contributed by atoms with van der Waals surface area (Å²) in [5, 5.41) is 2.20. The zero-order valence-electron chi connectivity index (χ0n) is 35.6. The van der Waals surface area contributed by atoms with Crippen LogP contribution in [0.15, 0.2) is 200 Å². The van der Waals surface area contributed by atoms with Crippen LogP contribution in [0.1, 0.15) is 26.3 Å². The molecular weight excluding hydrogens is 964 g/mol. The zero-order chi connectivity index (χ0) is 42.5. The van der Waals surface area contributed by atoms with E-state index in [1.54, 1.807) is 0 Å². The Kier molecular flexibility index (Phi) is 10.7. The molecule has 2 aromatic heterocycles. The number of nitrogens with zero attached hydrogens (tertiary/aromatic N) is 4. The van der Waals surface area contributed by atoms with Crippen LogP contribution in [-0.2, 0) is 26.5 Å². The SMILES string of the molecule is CC(C)(C)c1ccnc(-n2c3[c-]c(Oc4[c-]c(N5[CH-]N(c6c(-c7ccccc7)cccc6-c6ccccc6)c6ccccc65)ccc4)ccc3c3cc(-c4ccccc4)ccc32)c1.[Pt]. The molecule has 0 fully saturated rings. The number of rotatable bonds is 8. The molecule has 314 valence electrons. The van der Waals surface area contributed by atoms with Gasteiger partial charge in [-0.25, -0.2) is 4.98 Å². The standard InChI is InChI=1S/C58H43N4O.Pt/c1-58(2,3)44-33-34-59-56(36-44)62-52-32-29-43(40-17-7-4-8-18-40)35-51(52)50-31-30-47(38-55(50)62)63-46-24-15-23-45(37-46)60-39-61(54-28-14-13-27-53(54)60)57-48(41-19-9-5-10-20-41)25-16-26-49(57)42-21-11-6-12-22-42;/h4-36,39H,1-3H3;/q-3;. The number of hydrogen-bond acceptors (Lipinski definition) is 4. The molecule has 10 aromatic rings. The molecule has 0 amide bonds. The van der Waals surface area contributed by atoms with Crippen molar-refractivity contribution in [2.24, 2.45) is 0 Å². The third kappa shape index (κ3) is 7.46. The molecule has 0 saturated carbocycles. The fraction of sp³-hybridized carbons (Fsp3) is 0.0690. The molecule has 11 rings (SSSR count).